The molecule has 0 unspecified atom stereocenters. The Bertz CT molecular complexity index is 405. The van der Waals surface area contributed by atoms with Crippen LogP contribution in [0.4, 0.5) is 0 Å². The lowest BCUT2D eigenvalue weighted by Crippen LogP contribution is -2.26. The molecule has 3 rings (SSSR count). The van der Waals surface area contributed by atoms with Crippen LogP contribution in [0.15, 0.2) is 42.5 Å². The van der Waals surface area contributed by atoms with Gasteiger partial charge in [0.1, 0.15) is 5.78 Å². The molecule has 1 aromatic carbocycles. The van der Waals surface area contributed by atoms with E-state index >= 15 is 0 Å². The number of Topliss-reactive ketones (excluding diaryl/α,β-unsaturated/α-hetero) is 1. The molecule has 2 aliphatic rings. The third-order valence-corrected chi connectivity index (χ3v) is 3.60. The van der Waals surface area contributed by atoms with Crippen molar-refractivity contribution in [1.29, 1.82) is 0 Å². The standard InChI is InChI=1S/C14H14O/c15-13-9-10-6-7-12(8-10)14(13)11-4-2-1-3-5-11/h1-7,10,12,14H,8-9H2/t10-,12+,14-/m0/s1. The lowest BCUT2D eigenvalue weighted by atomic mass is 9.75. The predicted octanol–water partition coefficient (Wildman–Crippen LogP) is 2.94. The number of benzene rings is 1. The van der Waals surface area contributed by atoms with Gasteiger partial charge in [-0.15, -0.1) is 0 Å². The van der Waals surface area contributed by atoms with Crippen molar-refractivity contribution in [3.63, 3.8) is 0 Å². The molecule has 0 aromatic heterocycles. The molecule has 76 valence electrons. The highest BCUT2D eigenvalue weighted by Crippen LogP contribution is 2.43. The first-order chi connectivity index (χ1) is 7.34. The molecule has 1 fully saturated rings. The number of carbonyl (C=O) groups is 1. The normalized spacial score (nSPS) is 33.3. The fourth-order valence-corrected chi connectivity index (χ4v) is 2.92. The van der Waals surface area contributed by atoms with E-state index in [1.165, 1.54) is 12.0 Å². The minimum Gasteiger partial charge on any atom is -0.299 e. The van der Waals surface area contributed by atoms with Gasteiger partial charge in [0.15, 0.2) is 0 Å². The highest BCUT2D eigenvalue weighted by Gasteiger charge is 2.38. The second-order valence-corrected chi connectivity index (χ2v) is 4.60. The van der Waals surface area contributed by atoms with Crippen molar-refractivity contribution in [3.05, 3.63) is 48.0 Å². The van der Waals surface area contributed by atoms with E-state index < -0.39 is 0 Å². The van der Waals surface area contributed by atoms with Crippen LogP contribution in [0.2, 0.25) is 0 Å². The molecule has 1 heteroatoms. The van der Waals surface area contributed by atoms with E-state index in [4.69, 9.17) is 0 Å². The van der Waals surface area contributed by atoms with Crippen LogP contribution in [0, 0.1) is 11.8 Å². The van der Waals surface area contributed by atoms with Gasteiger partial charge in [-0.3, -0.25) is 4.79 Å². The van der Waals surface area contributed by atoms with Gasteiger partial charge in [-0.05, 0) is 23.8 Å². The summed E-state index contributed by atoms with van der Waals surface area (Å²) in [4.78, 5) is 12.0. The van der Waals surface area contributed by atoms with E-state index in [-0.39, 0.29) is 5.92 Å². The van der Waals surface area contributed by atoms with Gasteiger partial charge in [0, 0.05) is 12.3 Å². The number of allylic oxidation sites excluding steroid dienone is 2. The van der Waals surface area contributed by atoms with E-state index in [0.29, 0.717) is 17.6 Å². The number of fused-ring (bicyclic) bond motifs is 2. The number of rotatable bonds is 1. The molecule has 15 heavy (non-hydrogen) atoms. The Morgan fingerprint density at radius 2 is 1.87 bits per heavy atom. The van der Waals surface area contributed by atoms with Gasteiger partial charge in [0.05, 0.1) is 0 Å². The van der Waals surface area contributed by atoms with E-state index in [0.717, 1.165) is 6.42 Å². The van der Waals surface area contributed by atoms with Crippen molar-refractivity contribution in [2.45, 2.75) is 18.8 Å². The minimum atomic E-state index is 0.126. The average Bonchev–Trinajstić information content (AvgIpc) is 2.62. The summed E-state index contributed by atoms with van der Waals surface area (Å²) in [6, 6.07) is 10.2. The molecule has 0 amide bonds. The van der Waals surface area contributed by atoms with Crippen molar-refractivity contribution in [1.82, 2.24) is 0 Å². The lowest BCUT2D eigenvalue weighted by Gasteiger charge is -2.27. The van der Waals surface area contributed by atoms with Crippen LogP contribution < -0.4 is 0 Å². The molecular formula is C14H14O. The Hall–Kier alpha value is -1.37. The summed E-state index contributed by atoms with van der Waals surface area (Å²) in [6.45, 7) is 0. The maximum atomic E-state index is 12.0. The molecule has 1 aromatic rings. The Labute approximate surface area is 89.8 Å². The summed E-state index contributed by atoms with van der Waals surface area (Å²) < 4.78 is 0. The first-order valence-electron chi connectivity index (χ1n) is 5.60. The van der Waals surface area contributed by atoms with Crippen LogP contribution in [0.25, 0.3) is 0 Å². The van der Waals surface area contributed by atoms with Gasteiger partial charge in [-0.25, -0.2) is 0 Å². The first kappa shape index (κ1) is 8.90. The van der Waals surface area contributed by atoms with Crippen molar-refractivity contribution in [3.8, 4) is 0 Å². The average molecular weight is 198 g/mol. The zero-order valence-electron chi connectivity index (χ0n) is 8.60. The Balaban J connectivity index is 1.98. The molecule has 2 bridgehead atoms. The molecule has 3 atom stereocenters. The summed E-state index contributed by atoms with van der Waals surface area (Å²) in [6.07, 6.45) is 6.39. The third kappa shape index (κ3) is 1.43. The molecule has 0 aliphatic heterocycles. The van der Waals surface area contributed by atoms with Crippen LogP contribution >= 0.6 is 0 Å². The monoisotopic (exact) mass is 198 g/mol. The predicted molar refractivity (Wildman–Crippen MR) is 59.5 cm³/mol. The fourth-order valence-electron chi connectivity index (χ4n) is 2.92. The second kappa shape index (κ2) is 3.34. The van der Waals surface area contributed by atoms with Gasteiger partial charge >= 0.3 is 0 Å². The van der Waals surface area contributed by atoms with E-state index in [9.17, 15) is 4.79 Å². The number of hydrogen-bond acceptors (Lipinski definition) is 1. The molecule has 1 saturated carbocycles. The van der Waals surface area contributed by atoms with Gasteiger partial charge in [0.2, 0.25) is 0 Å². The first-order valence-corrected chi connectivity index (χ1v) is 5.60. The molecule has 0 spiro atoms. The number of carbonyl (C=O) groups excluding carboxylic acids is 1. The van der Waals surface area contributed by atoms with E-state index in [2.05, 4.69) is 24.3 Å². The van der Waals surface area contributed by atoms with Crippen LogP contribution in [-0.4, -0.2) is 5.78 Å². The maximum Gasteiger partial charge on any atom is 0.141 e. The van der Waals surface area contributed by atoms with E-state index in [1.807, 2.05) is 18.2 Å². The van der Waals surface area contributed by atoms with Gasteiger partial charge in [-0.2, -0.15) is 0 Å². The third-order valence-electron chi connectivity index (χ3n) is 3.60. The maximum absolute atomic E-state index is 12.0. The Morgan fingerprint density at radius 1 is 1.07 bits per heavy atom. The summed E-state index contributed by atoms with van der Waals surface area (Å²) >= 11 is 0. The molecule has 0 N–H and O–H groups in total. The van der Waals surface area contributed by atoms with Crippen LogP contribution in [-0.2, 0) is 4.79 Å². The zero-order chi connectivity index (χ0) is 10.3. The van der Waals surface area contributed by atoms with Gasteiger partial charge in [-0.1, -0.05) is 42.5 Å². The largest absolute Gasteiger partial charge is 0.299 e. The summed E-state index contributed by atoms with van der Waals surface area (Å²) in [5.41, 5.74) is 1.19. The van der Waals surface area contributed by atoms with Crippen molar-refractivity contribution in [2.24, 2.45) is 11.8 Å². The van der Waals surface area contributed by atoms with Crippen molar-refractivity contribution >= 4 is 5.78 Å². The van der Waals surface area contributed by atoms with Crippen molar-refractivity contribution in [2.75, 3.05) is 0 Å². The van der Waals surface area contributed by atoms with E-state index in [1.54, 1.807) is 0 Å². The molecular weight excluding hydrogens is 184 g/mol. The zero-order valence-corrected chi connectivity index (χ0v) is 8.60. The van der Waals surface area contributed by atoms with Crippen LogP contribution in [0.3, 0.4) is 0 Å². The van der Waals surface area contributed by atoms with Gasteiger partial charge < -0.3 is 0 Å². The smallest absolute Gasteiger partial charge is 0.141 e. The fraction of sp³-hybridized carbons (Fsp3) is 0.357. The van der Waals surface area contributed by atoms with Crippen LogP contribution in [0.5, 0.6) is 0 Å². The molecule has 1 nitrogen and oxygen atoms in total. The molecule has 2 aliphatic carbocycles. The number of ketones is 1. The van der Waals surface area contributed by atoms with Crippen molar-refractivity contribution < 1.29 is 4.79 Å². The quantitative estimate of drug-likeness (QED) is 0.634. The topological polar surface area (TPSA) is 17.1 Å². The molecule has 0 heterocycles. The molecule has 0 saturated heterocycles. The second-order valence-electron chi connectivity index (χ2n) is 4.60. The summed E-state index contributed by atoms with van der Waals surface area (Å²) in [5.74, 6) is 1.54. The minimum absolute atomic E-state index is 0.126. The number of hydrogen-bond donors (Lipinski definition) is 0. The summed E-state index contributed by atoms with van der Waals surface area (Å²) in [5, 5.41) is 0. The SMILES string of the molecule is O=C1C[C@H]2C=C[C@H](C2)[C@@H]1c1ccccc1. The highest BCUT2D eigenvalue weighted by molar-refractivity contribution is 5.88. The van der Waals surface area contributed by atoms with Crippen LogP contribution in [0.1, 0.15) is 24.3 Å². The Morgan fingerprint density at radius 3 is 2.67 bits per heavy atom. The summed E-state index contributed by atoms with van der Waals surface area (Å²) in [7, 11) is 0. The van der Waals surface area contributed by atoms with Gasteiger partial charge in [0.25, 0.3) is 0 Å². The highest BCUT2D eigenvalue weighted by atomic mass is 16.1. The lowest BCUT2D eigenvalue weighted by molar-refractivity contribution is -0.123. The Kier molecular flexibility index (Phi) is 1.98. The molecule has 0 radical (unpaired) electrons.